The van der Waals surface area contributed by atoms with E-state index in [1.807, 2.05) is 0 Å². The van der Waals surface area contributed by atoms with Gasteiger partial charge in [0.2, 0.25) is 0 Å². The van der Waals surface area contributed by atoms with Crippen LogP contribution in [0.25, 0.3) is 0 Å². The monoisotopic (exact) mass is 264 g/mol. The zero-order chi connectivity index (χ0) is 10.1. The fraction of sp³-hybridized carbons (Fsp3) is 0.375. The number of aliphatic hydroxyl groups is 1. The highest BCUT2D eigenvalue weighted by molar-refractivity contribution is 9.10. The third-order valence-electron chi connectivity index (χ3n) is 1.77. The Balaban J connectivity index is 3.20. The summed E-state index contributed by atoms with van der Waals surface area (Å²) in [7, 11) is 0. The van der Waals surface area contributed by atoms with E-state index in [1.54, 1.807) is 19.2 Å². The molecule has 13 heavy (non-hydrogen) atoms. The van der Waals surface area contributed by atoms with Crippen LogP contribution in [0.5, 0.6) is 0 Å². The summed E-state index contributed by atoms with van der Waals surface area (Å²) in [5.74, 6) is 0. The summed E-state index contributed by atoms with van der Waals surface area (Å²) >= 11 is 9.01. The molecule has 3 nitrogen and oxygen atoms in total. The quantitative estimate of drug-likeness (QED) is 0.800. The van der Waals surface area contributed by atoms with Crippen LogP contribution >= 0.6 is 27.5 Å². The molecule has 0 spiro atoms. The van der Waals surface area contributed by atoms with Crippen molar-refractivity contribution in [2.75, 3.05) is 6.61 Å². The Morgan fingerprint density at radius 1 is 1.77 bits per heavy atom. The van der Waals surface area contributed by atoms with E-state index in [0.717, 1.165) is 10.0 Å². The van der Waals surface area contributed by atoms with Crippen LogP contribution in [0.15, 0.2) is 16.7 Å². The van der Waals surface area contributed by atoms with E-state index < -0.39 is 5.54 Å². The molecule has 1 aromatic heterocycles. The number of aromatic nitrogens is 1. The lowest BCUT2D eigenvalue weighted by Gasteiger charge is -2.23. The number of halogens is 2. The van der Waals surface area contributed by atoms with Crippen molar-refractivity contribution >= 4 is 27.5 Å². The fourth-order valence-electron chi connectivity index (χ4n) is 0.936. The van der Waals surface area contributed by atoms with Crippen molar-refractivity contribution in [2.45, 2.75) is 12.5 Å². The van der Waals surface area contributed by atoms with Gasteiger partial charge in [0.1, 0.15) is 5.15 Å². The van der Waals surface area contributed by atoms with Gasteiger partial charge in [0.25, 0.3) is 0 Å². The second kappa shape index (κ2) is 3.92. The normalized spacial score (nSPS) is 15.5. The molecule has 0 radical (unpaired) electrons. The minimum absolute atomic E-state index is 0.147. The summed E-state index contributed by atoms with van der Waals surface area (Å²) in [5, 5.41) is 9.42. The van der Waals surface area contributed by atoms with E-state index >= 15 is 0 Å². The molecule has 1 rings (SSSR count). The molecule has 0 fully saturated rings. The molecule has 0 aliphatic rings. The molecule has 1 heterocycles. The van der Waals surface area contributed by atoms with E-state index in [1.165, 1.54) is 0 Å². The van der Waals surface area contributed by atoms with Crippen molar-refractivity contribution in [3.05, 3.63) is 27.5 Å². The Bertz CT molecular complexity index is 317. The van der Waals surface area contributed by atoms with Crippen molar-refractivity contribution in [3.63, 3.8) is 0 Å². The van der Waals surface area contributed by atoms with Crippen molar-refractivity contribution < 1.29 is 5.11 Å². The summed E-state index contributed by atoms with van der Waals surface area (Å²) in [4.78, 5) is 3.87. The highest BCUT2D eigenvalue weighted by Crippen LogP contribution is 2.27. The highest BCUT2D eigenvalue weighted by Gasteiger charge is 2.23. The van der Waals surface area contributed by atoms with Gasteiger partial charge < -0.3 is 10.8 Å². The molecule has 0 aliphatic heterocycles. The minimum Gasteiger partial charge on any atom is -0.394 e. The van der Waals surface area contributed by atoms with Crippen LogP contribution in [0.1, 0.15) is 12.5 Å². The molecule has 1 aromatic rings. The average molecular weight is 266 g/mol. The number of pyridine rings is 1. The Morgan fingerprint density at radius 3 is 2.92 bits per heavy atom. The molecule has 1 atom stereocenters. The largest absolute Gasteiger partial charge is 0.394 e. The molecule has 0 amide bonds. The summed E-state index contributed by atoms with van der Waals surface area (Å²) in [6.45, 7) is 1.58. The van der Waals surface area contributed by atoms with Crippen LogP contribution in [0.3, 0.4) is 0 Å². The molecule has 3 N–H and O–H groups in total. The topological polar surface area (TPSA) is 59.1 Å². The van der Waals surface area contributed by atoms with Crippen LogP contribution in [-0.2, 0) is 5.54 Å². The zero-order valence-corrected chi connectivity index (χ0v) is 9.43. The molecular formula is C8H10BrClN2O. The Labute approximate surface area is 90.1 Å². The van der Waals surface area contributed by atoms with Gasteiger partial charge in [0.15, 0.2) is 0 Å². The first-order chi connectivity index (χ1) is 5.97. The predicted octanol–water partition coefficient (Wildman–Crippen LogP) is 1.66. The molecule has 0 saturated carbocycles. The molecular weight excluding hydrogens is 255 g/mol. The van der Waals surface area contributed by atoms with Crippen molar-refractivity contribution in [1.29, 1.82) is 0 Å². The molecule has 1 unspecified atom stereocenters. The average Bonchev–Trinajstić information content (AvgIpc) is 2.09. The molecule has 0 aliphatic carbocycles. The molecule has 0 bridgehead atoms. The third-order valence-corrected chi connectivity index (χ3v) is 2.60. The van der Waals surface area contributed by atoms with E-state index in [0.29, 0.717) is 5.15 Å². The molecule has 0 saturated heterocycles. The number of hydrogen-bond donors (Lipinski definition) is 2. The standard InChI is InChI=1S/C8H10BrClN2O/c1-8(11,4-13)5-2-7(10)12-3-6(5)9/h2-3,13H,4,11H2,1H3. The van der Waals surface area contributed by atoms with Gasteiger partial charge in [-0.15, -0.1) is 0 Å². The second-order valence-corrected chi connectivity index (χ2v) is 4.30. The van der Waals surface area contributed by atoms with Gasteiger partial charge in [-0.25, -0.2) is 4.98 Å². The van der Waals surface area contributed by atoms with Crippen LogP contribution in [0.4, 0.5) is 0 Å². The van der Waals surface area contributed by atoms with Gasteiger partial charge in [-0.3, -0.25) is 0 Å². The van der Waals surface area contributed by atoms with E-state index in [-0.39, 0.29) is 6.61 Å². The first kappa shape index (κ1) is 10.9. The lowest BCUT2D eigenvalue weighted by atomic mass is 9.95. The van der Waals surface area contributed by atoms with Gasteiger partial charge in [-0.1, -0.05) is 11.6 Å². The second-order valence-electron chi connectivity index (χ2n) is 3.06. The lowest BCUT2D eigenvalue weighted by Crippen LogP contribution is -2.37. The highest BCUT2D eigenvalue weighted by atomic mass is 79.9. The minimum atomic E-state index is -0.800. The fourth-order valence-corrected chi connectivity index (χ4v) is 1.76. The zero-order valence-electron chi connectivity index (χ0n) is 7.09. The van der Waals surface area contributed by atoms with Crippen molar-refractivity contribution in [2.24, 2.45) is 5.73 Å². The maximum atomic E-state index is 9.05. The van der Waals surface area contributed by atoms with Crippen molar-refractivity contribution in [1.82, 2.24) is 4.98 Å². The van der Waals surface area contributed by atoms with Gasteiger partial charge in [-0.05, 0) is 34.5 Å². The number of rotatable bonds is 2. The maximum Gasteiger partial charge on any atom is 0.129 e. The molecule has 5 heteroatoms. The Hall–Kier alpha value is -0.160. The van der Waals surface area contributed by atoms with Gasteiger partial charge in [0.05, 0.1) is 12.1 Å². The van der Waals surface area contributed by atoms with E-state index in [2.05, 4.69) is 20.9 Å². The van der Waals surface area contributed by atoms with Crippen molar-refractivity contribution in [3.8, 4) is 0 Å². The summed E-state index contributed by atoms with van der Waals surface area (Å²) < 4.78 is 0.746. The predicted molar refractivity (Wildman–Crippen MR) is 55.6 cm³/mol. The third kappa shape index (κ3) is 2.40. The van der Waals surface area contributed by atoms with Crippen LogP contribution < -0.4 is 5.73 Å². The maximum absolute atomic E-state index is 9.05. The van der Waals surface area contributed by atoms with Gasteiger partial charge in [0, 0.05) is 10.7 Å². The smallest absolute Gasteiger partial charge is 0.129 e. The molecule has 72 valence electrons. The van der Waals surface area contributed by atoms with E-state index in [4.69, 9.17) is 22.4 Å². The SMILES string of the molecule is CC(N)(CO)c1cc(Cl)ncc1Br. The van der Waals surface area contributed by atoms with Gasteiger partial charge >= 0.3 is 0 Å². The summed E-state index contributed by atoms with van der Waals surface area (Å²) in [5.41, 5.74) is 5.79. The van der Waals surface area contributed by atoms with E-state index in [9.17, 15) is 0 Å². The van der Waals surface area contributed by atoms with Crippen LogP contribution in [-0.4, -0.2) is 16.7 Å². The number of nitrogens with two attached hydrogens (primary N) is 1. The van der Waals surface area contributed by atoms with Crippen LogP contribution in [0.2, 0.25) is 5.15 Å². The Morgan fingerprint density at radius 2 is 2.38 bits per heavy atom. The lowest BCUT2D eigenvalue weighted by molar-refractivity contribution is 0.209. The molecule has 0 aromatic carbocycles. The number of nitrogens with zero attached hydrogens (tertiary/aromatic N) is 1. The van der Waals surface area contributed by atoms with Gasteiger partial charge in [-0.2, -0.15) is 0 Å². The Kier molecular flexibility index (Phi) is 3.29. The number of aliphatic hydroxyl groups excluding tert-OH is 1. The summed E-state index contributed by atoms with van der Waals surface area (Å²) in [6.07, 6.45) is 1.57. The number of hydrogen-bond acceptors (Lipinski definition) is 3. The summed E-state index contributed by atoms with van der Waals surface area (Å²) in [6, 6.07) is 1.64. The first-order valence-electron chi connectivity index (χ1n) is 3.68. The van der Waals surface area contributed by atoms with Crippen LogP contribution in [0, 0.1) is 0 Å². The first-order valence-corrected chi connectivity index (χ1v) is 4.86.